The zero-order chi connectivity index (χ0) is 17.7. The molecule has 25 heavy (non-hydrogen) atoms. The van der Waals surface area contributed by atoms with E-state index in [9.17, 15) is 4.79 Å². The number of nitrogens with zero attached hydrogens (tertiary/aromatic N) is 1. The first-order valence-electron chi connectivity index (χ1n) is 8.62. The molecule has 2 heterocycles. The van der Waals surface area contributed by atoms with Gasteiger partial charge in [0.1, 0.15) is 5.69 Å². The molecule has 1 N–H and O–H groups in total. The summed E-state index contributed by atoms with van der Waals surface area (Å²) in [5.41, 5.74) is 6.27. The van der Waals surface area contributed by atoms with Crippen LogP contribution in [-0.4, -0.2) is 15.7 Å². The Morgan fingerprint density at radius 3 is 2.60 bits per heavy atom. The number of rotatable bonds is 2. The number of amides is 1. The first-order valence-corrected chi connectivity index (χ1v) is 9.50. The second-order valence-electron chi connectivity index (χ2n) is 6.99. The van der Waals surface area contributed by atoms with Gasteiger partial charge in [-0.2, -0.15) is 0 Å². The molecule has 1 aliphatic heterocycles. The third kappa shape index (κ3) is 2.74. The lowest BCUT2D eigenvalue weighted by Gasteiger charge is -2.23. The zero-order valence-electron chi connectivity index (χ0n) is 15.0. The average Bonchev–Trinajstić information content (AvgIpc) is 2.91. The van der Waals surface area contributed by atoms with Gasteiger partial charge in [-0.05, 0) is 44.0 Å². The van der Waals surface area contributed by atoms with Gasteiger partial charge >= 0.3 is 0 Å². The Hall–Kier alpha value is -2.20. The molecule has 3 aromatic rings. The summed E-state index contributed by atoms with van der Waals surface area (Å²) >= 11 is 1.89. The monoisotopic (exact) mass is 350 g/mol. The third-order valence-corrected chi connectivity index (χ3v) is 5.93. The Kier molecular flexibility index (Phi) is 3.88. The highest BCUT2D eigenvalue weighted by atomic mass is 32.2. The van der Waals surface area contributed by atoms with E-state index in [1.165, 1.54) is 16.0 Å². The van der Waals surface area contributed by atoms with E-state index in [1.807, 2.05) is 31.7 Å². The van der Waals surface area contributed by atoms with Crippen LogP contribution < -0.4 is 5.32 Å². The van der Waals surface area contributed by atoms with Crippen molar-refractivity contribution in [2.75, 3.05) is 5.32 Å². The van der Waals surface area contributed by atoms with Gasteiger partial charge < -0.3 is 9.88 Å². The van der Waals surface area contributed by atoms with E-state index in [0.717, 1.165) is 34.4 Å². The summed E-state index contributed by atoms with van der Waals surface area (Å²) in [4.78, 5) is 14.3. The predicted octanol–water partition coefficient (Wildman–Crippen LogP) is 5.31. The summed E-state index contributed by atoms with van der Waals surface area (Å²) < 4.78 is 2.18. The van der Waals surface area contributed by atoms with Crippen LogP contribution in [0.15, 0.2) is 41.3 Å². The Morgan fingerprint density at radius 1 is 1.16 bits per heavy atom. The normalized spacial score (nSPS) is 16.2. The summed E-state index contributed by atoms with van der Waals surface area (Å²) in [5.74, 6) is -0.0312. The highest BCUT2D eigenvalue weighted by Crippen LogP contribution is 2.38. The number of carbonyl (C=O) groups is 1. The van der Waals surface area contributed by atoms with E-state index in [2.05, 4.69) is 54.1 Å². The molecule has 0 saturated carbocycles. The van der Waals surface area contributed by atoms with Crippen molar-refractivity contribution < 1.29 is 4.79 Å². The molecule has 4 rings (SSSR count). The van der Waals surface area contributed by atoms with Crippen molar-refractivity contribution in [2.45, 2.75) is 44.4 Å². The molecular weight excluding hydrogens is 328 g/mol. The van der Waals surface area contributed by atoms with Crippen molar-refractivity contribution in [3.05, 3.63) is 58.8 Å². The van der Waals surface area contributed by atoms with E-state index in [-0.39, 0.29) is 5.91 Å². The molecule has 4 heteroatoms. The molecule has 0 aliphatic carbocycles. The lowest BCUT2D eigenvalue weighted by Crippen LogP contribution is -2.22. The third-order valence-electron chi connectivity index (χ3n) is 4.80. The Balaban J connectivity index is 1.78. The van der Waals surface area contributed by atoms with Crippen molar-refractivity contribution in [2.24, 2.45) is 0 Å². The van der Waals surface area contributed by atoms with Crippen LogP contribution in [0.4, 0.5) is 5.69 Å². The topological polar surface area (TPSA) is 34.0 Å². The minimum absolute atomic E-state index is 0.0312. The van der Waals surface area contributed by atoms with E-state index >= 15 is 0 Å². The van der Waals surface area contributed by atoms with Crippen LogP contribution in [0.1, 0.15) is 34.1 Å². The van der Waals surface area contributed by atoms with Crippen LogP contribution in [0.5, 0.6) is 0 Å². The van der Waals surface area contributed by atoms with E-state index < -0.39 is 0 Å². The van der Waals surface area contributed by atoms with Gasteiger partial charge in [0.25, 0.3) is 5.91 Å². The summed E-state index contributed by atoms with van der Waals surface area (Å²) in [6.07, 6.45) is 0. The number of aryl methyl sites for hydroxylation is 3. The second kappa shape index (κ2) is 5.95. The molecule has 0 fully saturated rings. The van der Waals surface area contributed by atoms with E-state index in [1.54, 1.807) is 0 Å². The summed E-state index contributed by atoms with van der Waals surface area (Å²) in [6, 6.07) is 12.5. The van der Waals surface area contributed by atoms with Gasteiger partial charge in [-0.3, -0.25) is 4.79 Å². The molecule has 1 atom stereocenters. The SMILES string of the molecule is Cc1cc(C)c(NC(=O)c2cc3cccc4c3n2C[C@@H](C)S4)c(C)c1. The Bertz CT molecular complexity index is 980. The van der Waals surface area contributed by atoms with Gasteiger partial charge in [-0.15, -0.1) is 11.8 Å². The van der Waals surface area contributed by atoms with Crippen molar-refractivity contribution in [1.29, 1.82) is 0 Å². The molecule has 1 aromatic heterocycles. The summed E-state index contributed by atoms with van der Waals surface area (Å²) in [5, 5.41) is 4.75. The van der Waals surface area contributed by atoms with Gasteiger partial charge in [0, 0.05) is 27.8 Å². The molecule has 128 valence electrons. The number of aromatic nitrogens is 1. The van der Waals surface area contributed by atoms with Crippen LogP contribution in [0.25, 0.3) is 10.9 Å². The predicted molar refractivity (Wildman–Crippen MR) is 106 cm³/mol. The summed E-state index contributed by atoms with van der Waals surface area (Å²) in [6.45, 7) is 9.24. The fraction of sp³-hybridized carbons (Fsp3) is 0.286. The molecule has 0 spiro atoms. The molecule has 3 nitrogen and oxygen atoms in total. The number of hydrogen-bond acceptors (Lipinski definition) is 2. The van der Waals surface area contributed by atoms with Crippen molar-refractivity contribution in [3.8, 4) is 0 Å². The van der Waals surface area contributed by atoms with Crippen LogP contribution in [0.3, 0.4) is 0 Å². The summed E-state index contributed by atoms with van der Waals surface area (Å²) in [7, 11) is 0. The number of carbonyl (C=O) groups excluding carboxylic acids is 1. The van der Waals surface area contributed by atoms with Gasteiger partial charge in [-0.25, -0.2) is 0 Å². The fourth-order valence-corrected chi connectivity index (χ4v) is 4.98. The molecule has 0 saturated heterocycles. The first-order chi connectivity index (χ1) is 11.9. The number of hydrogen-bond donors (Lipinski definition) is 1. The molecular formula is C21H22N2OS. The maximum Gasteiger partial charge on any atom is 0.272 e. The molecule has 0 radical (unpaired) electrons. The highest BCUT2D eigenvalue weighted by molar-refractivity contribution is 8.00. The number of nitrogens with one attached hydrogen (secondary N) is 1. The van der Waals surface area contributed by atoms with E-state index in [4.69, 9.17) is 0 Å². The van der Waals surface area contributed by atoms with Crippen LogP contribution in [0.2, 0.25) is 0 Å². The fourth-order valence-electron chi connectivity index (χ4n) is 3.83. The standard InChI is InChI=1S/C21H22N2OS/c1-12-8-13(2)19(14(3)9-12)22-21(24)17-10-16-6-5-7-18-20(16)23(17)11-15(4)25-18/h5-10,15H,11H2,1-4H3,(H,22,24)/t15-/m1/s1. The largest absolute Gasteiger partial charge is 0.334 e. The van der Waals surface area contributed by atoms with Crippen LogP contribution >= 0.6 is 11.8 Å². The number of anilines is 1. The van der Waals surface area contributed by atoms with Crippen LogP contribution in [-0.2, 0) is 6.54 Å². The number of thioether (sulfide) groups is 1. The molecule has 0 unspecified atom stereocenters. The van der Waals surface area contributed by atoms with Crippen molar-refractivity contribution >= 4 is 34.3 Å². The number of para-hydroxylation sites is 1. The van der Waals surface area contributed by atoms with E-state index in [0.29, 0.717) is 5.25 Å². The smallest absolute Gasteiger partial charge is 0.272 e. The minimum Gasteiger partial charge on any atom is -0.334 e. The van der Waals surface area contributed by atoms with Gasteiger partial charge in [-0.1, -0.05) is 36.8 Å². The van der Waals surface area contributed by atoms with Gasteiger partial charge in [0.15, 0.2) is 0 Å². The quantitative estimate of drug-likeness (QED) is 0.679. The van der Waals surface area contributed by atoms with Gasteiger partial charge in [0.2, 0.25) is 0 Å². The Morgan fingerprint density at radius 2 is 1.88 bits per heavy atom. The maximum atomic E-state index is 13.1. The molecule has 1 aliphatic rings. The second-order valence-corrected chi connectivity index (χ2v) is 8.47. The maximum absolute atomic E-state index is 13.1. The van der Waals surface area contributed by atoms with Crippen molar-refractivity contribution in [1.82, 2.24) is 4.57 Å². The average molecular weight is 350 g/mol. The number of benzene rings is 2. The lowest BCUT2D eigenvalue weighted by molar-refractivity contribution is 0.101. The minimum atomic E-state index is -0.0312. The van der Waals surface area contributed by atoms with Gasteiger partial charge in [0.05, 0.1) is 5.52 Å². The molecule has 2 aromatic carbocycles. The Labute approximate surface area is 152 Å². The highest BCUT2D eigenvalue weighted by Gasteiger charge is 2.24. The zero-order valence-corrected chi connectivity index (χ0v) is 15.8. The van der Waals surface area contributed by atoms with Crippen LogP contribution in [0, 0.1) is 20.8 Å². The molecule has 1 amide bonds. The van der Waals surface area contributed by atoms with Crippen molar-refractivity contribution in [3.63, 3.8) is 0 Å². The first kappa shape index (κ1) is 16.3. The lowest BCUT2D eigenvalue weighted by atomic mass is 10.0. The molecule has 0 bridgehead atoms.